The van der Waals surface area contributed by atoms with Crippen molar-refractivity contribution in [2.75, 3.05) is 25.0 Å². The van der Waals surface area contributed by atoms with Crippen molar-refractivity contribution >= 4 is 56.5 Å². The molecule has 0 fully saturated rings. The number of alkyl halides is 1. The van der Waals surface area contributed by atoms with Crippen molar-refractivity contribution < 1.29 is 4.52 Å². The number of nitriles is 1. The van der Waals surface area contributed by atoms with Crippen LogP contribution < -0.4 is 0 Å². The Balaban J connectivity index is 4.92. The Bertz CT molecular complexity index is 376. The fourth-order valence-electron chi connectivity index (χ4n) is 1.58. The van der Waals surface area contributed by atoms with Crippen LogP contribution in [0.1, 0.15) is 34.6 Å². The van der Waals surface area contributed by atoms with Gasteiger partial charge in [0.05, 0.1) is 17.3 Å². The molecule has 0 aromatic rings. The fourth-order valence-corrected chi connectivity index (χ4v) is 12.3. The third kappa shape index (κ3) is 6.56. The van der Waals surface area contributed by atoms with Crippen LogP contribution in [-0.4, -0.2) is 39.0 Å². The minimum Gasteiger partial charge on any atom is -0.331 e. The second-order valence-electron chi connectivity index (χ2n) is 4.29. The van der Waals surface area contributed by atoms with Crippen LogP contribution in [0.25, 0.3) is 0 Å². The molecule has 0 aliphatic rings. The summed E-state index contributed by atoms with van der Waals surface area (Å²) < 4.78 is 7.96. The topological polar surface area (TPSA) is 36.3 Å². The second-order valence-corrected chi connectivity index (χ2v) is 14.0. The Kier molecular flexibility index (Phi) is 10.7. The summed E-state index contributed by atoms with van der Waals surface area (Å²) in [6, 6.07) is 2.36. The van der Waals surface area contributed by atoms with Gasteiger partial charge >= 0.3 is 0 Å². The Morgan fingerprint density at radius 2 is 2.00 bits per heavy atom. The predicted molar refractivity (Wildman–Crippen MR) is 101 cm³/mol. The molecular formula is C12H24BrN2OPS3. The SMILES string of the molecule is CCOP(=S)(SC(C)SC(C)(C#N)CBr)N(CC)CC. The summed E-state index contributed by atoms with van der Waals surface area (Å²) in [7, 11) is 0. The zero-order valence-electron chi connectivity index (χ0n) is 12.8. The molecular weight excluding hydrogens is 395 g/mol. The maximum absolute atomic E-state index is 9.27. The molecule has 0 aromatic carbocycles. The van der Waals surface area contributed by atoms with E-state index in [2.05, 4.69) is 47.4 Å². The molecule has 3 unspecified atom stereocenters. The van der Waals surface area contributed by atoms with Crippen molar-refractivity contribution in [3.05, 3.63) is 0 Å². The van der Waals surface area contributed by atoms with Gasteiger partial charge in [-0.15, -0.1) is 11.8 Å². The summed E-state index contributed by atoms with van der Waals surface area (Å²) in [5.41, 5.74) is -2.05. The standard InChI is InChI=1S/C12H24BrN2OPS3/c1-6-15(7-2)17(18,16-8-3)20-11(4)19-12(5,9-13)10-14/h11H,6-9H2,1-5H3. The lowest BCUT2D eigenvalue weighted by Gasteiger charge is -2.34. The normalized spacial score (nSPS) is 19.1. The van der Waals surface area contributed by atoms with E-state index in [0.29, 0.717) is 11.9 Å². The number of nitrogens with zero attached hydrogens (tertiary/aromatic N) is 2. The van der Waals surface area contributed by atoms with Crippen LogP contribution in [0, 0.1) is 11.3 Å². The van der Waals surface area contributed by atoms with E-state index in [0.717, 1.165) is 13.1 Å². The van der Waals surface area contributed by atoms with Gasteiger partial charge in [0.25, 0.3) is 0 Å². The van der Waals surface area contributed by atoms with E-state index in [-0.39, 0.29) is 4.58 Å². The van der Waals surface area contributed by atoms with Gasteiger partial charge in [-0.25, -0.2) is 4.67 Å². The van der Waals surface area contributed by atoms with E-state index in [4.69, 9.17) is 16.3 Å². The summed E-state index contributed by atoms with van der Waals surface area (Å²) in [4.78, 5) is 0. The number of hydrogen-bond donors (Lipinski definition) is 0. The first-order chi connectivity index (χ1) is 9.30. The van der Waals surface area contributed by atoms with Crippen LogP contribution in [0.3, 0.4) is 0 Å². The first kappa shape index (κ1) is 21.2. The minimum atomic E-state index is -2.05. The molecule has 0 bridgehead atoms. The highest BCUT2D eigenvalue weighted by molar-refractivity contribution is 9.09. The highest BCUT2D eigenvalue weighted by Gasteiger charge is 2.32. The molecule has 8 heteroatoms. The molecule has 0 amide bonds. The molecule has 0 radical (unpaired) electrons. The van der Waals surface area contributed by atoms with Crippen molar-refractivity contribution in [1.29, 1.82) is 5.26 Å². The largest absolute Gasteiger partial charge is 0.331 e. The van der Waals surface area contributed by atoms with Crippen LogP contribution >= 0.6 is 44.7 Å². The van der Waals surface area contributed by atoms with E-state index in [9.17, 15) is 5.26 Å². The van der Waals surface area contributed by atoms with Crippen LogP contribution in [0.5, 0.6) is 0 Å². The maximum Gasteiger partial charge on any atom is 0.189 e. The van der Waals surface area contributed by atoms with Gasteiger partial charge in [0.15, 0.2) is 5.62 Å². The average molecular weight is 419 g/mol. The first-order valence-corrected chi connectivity index (χ1v) is 12.8. The Labute approximate surface area is 145 Å². The average Bonchev–Trinajstić information content (AvgIpc) is 2.39. The van der Waals surface area contributed by atoms with Crippen molar-refractivity contribution in [3.63, 3.8) is 0 Å². The molecule has 3 nitrogen and oxygen atoms in total. The van der Waals surface area contributed by atoms with Crippen molar-refractivity contribution in [3.8, 4) is 6.07 Å². The molecule has 0 saturated heterocycles. The van der Waals surface area contributed by atoms with Gasteiger partial charge in [0.2, 0.25) is 0 Å². The first-order valence-electron chi connectivity index (χ1n) is 6.64. The zero-order chi connectivity index (χ0) is 15.8. The van der Waals surface area contributed by atoms with Crippen LogP contribution in [0.15, 0.2) is 0 Å². The molecule has 0 aromatic heterocycles. The van der Waals surface area contributed by atoms with Crippen LogP contribution in [0.4, 0.5) is 0 Å². The smallest absolute Gasteiger partial charge is 0.189 e. The van der Waals surface area contributed by atoms with Crippen LogP contribution in [-0.2, 0) is 16.3 Å². The highest BCUT2D eigenvalue weighted by Crippen LogP contribution is 2.66. The van der Waals surface area contributed by atoms with Gasteiger partial charge in [-0.2, -0.15) is 5.26 Å². The van der Waals surface area contributed by atoms with Crippen molar-refractivity contribution in [1.82, 2.24) is 4.67 Å². The van der Waals surface area contributed by atoms with Gasteiger partial charge in [-0.1, -0.05) is 41.2 Å². The lowest BCUT2D eigenvalue weighted by atomic mass is 10.2. The molecule has 3 atom stereocenters. The van der Waals surface area contributed by atoms with E-state index >= 15 is 0 Å². The summed E-state index contributed by atoms with van der Waals surface area (Å²) in [5.74, 6) is 0. The molecule has 0 aliphatic heterocycles. The summed E-state index contributed by atoms with van der Waals surface area (Å²) >= 11 is 12.6. The minimum absolute atomic E-state index is 0.218. The van der Waals surface area contributed by atoms with E-state index in [1.807, 2.05) is 13.8 Å². The third-order valence-electron chi connectivity index (χ3n) is 2.57. The van der Waals surface area contributed by atoms with Crippen molar-refractivity contribution in [2.24, 2.45) is 0 Å². The Morgan fingerprint density at radius 1 is 1.45 bits per heavy atom. The van der Waals surface area contributed by atoms with Gasteiger partial charge in [0.1, 0.15) is 4.75 Å². The lowest BCUT2D eigenvalue weighted by Crippen LogP contribution is -2.23. The quantitative estimate of drug-likeness (QED) is 0.279. The maximum atomic E-state index is 9.27. The van der Waals surface area contributed by atoms with E-state index in [1.165, 1.54) is 0 Å². The molecule has 0 aliphatic carbocycles. The molecule has 0 rings (SSSR count). The van der Waals surface area contributed by atoms with E-state index < -0.39 is 10.4 Å². The van der Waals surface area contributed by atoms with Gasteiger partial charge < -0.3 is 4.52 Å². The zero-order valence-corrected chi connectivity index (χ0v) is 17.7. The van der Waals surface area contributed by atoms with Gasteiger partial charge in [-0.3, -0.25) is 0 Å². The highest BCUT2D eigenvalue weighted by atomic mass is 79.9. The molecule has 0 heterocycles. The number of halogens is 1. The molecule has 0 saturated carbocycles. The molecule has 20 heavy (non-hydrogen) atoms. The summed E-state index contributed by atoms with van der Waals surface area (Å²) in [5, 5.41) is 9.92. The molecule has 118 valence electrons. The number of rotatable bonds is 10. The fraction of sp³-hybridized carbons (Fsp3) is 0.917. The number of thioether (sulfide) groups is 1. The monoisotopic (exact) mass is 418 g/mol. The lowest BCUT2D eigenvalue weighted by molar-refractivity contribution is 0.339. The molecule has 0 N–H and O–H groups in total. The van der Waals surface area contributed by atoms with Gasteiger partial charge in [0, 0.05) is 18.4 Å². The second kappa shape index (κ2) is 10.1. The van der Waals surface area contributed by atoms with Crippen molar-refractivity contribution in [2.45, 2.75) is 43.9 Å². The Morgan fingerprint density at radius 3 is 2.35 bits per heavy atom. The van der Waals surface area contributed by atoms with Crippen LogP contribution in [0.2, 0.25) is 0 Å². The predicted octanol–water partition coefficient (Wildman–Crippen LogP) is 5.08. The van der Waals surface area contributed by atoms with E-state index in [1.54, 1.807) is 23.1 Å². The number of hydrogen-bond acceptors (Lipinski definition) is 5. The van der Waals surface area contributed by atoms with Gasteiger partial charge in [-0.05, 0) is 32.6 Å². The summed E-state index contributed by atoms with van der Waals surface area (Å²) in [6.07, 6.45) is 0. The molecule has 0 spiro atoms. The summed E-state index contributed by atoms with van der Waals surface area (Å²) in [6.45, 7) is 12.7. The third-order valence-corrected chi connectivity index (χ3v) is 13.1. The Hall–Kier alpha value is 1.24.